The van der Waals surface area contributed by atoms with Gasteiger partial charge in [-0.15, -0.1) is 29.3 Å². The summed E-state index contributed by atoms with van der Waals surface area (Å²) < 4.78 is 0. The van der Waals surface area contributed by atoms with E-state index in [0.29, 0.717) is 10.0 Å². The first kappa shape index (κ1) is 23.1. The zero-order chi connectivity index (χ0) is 21.9. The first-order valence-corrected chi connectivity index (χ1v) is 10.7. The summed E-state index contributed by atoms with van der Waals surface area (Å²) in [5, 5.41) is 1.11. The van der Waals surface area contributed by atoms with Gasteiger partial charge in [0.15, 0.2) is 0 Å². The van der Waals surface area contributed by atoms with Crippen molar-refractivity contribution in [2.24, 2.45) is 0 Å². The Morgan fingerprint density at radius 1 is 0.545 bits per heavy atom. The maximum Gasteiger partial charge on any atom is 0.0659 e. The molecule has 0 saturated carbocycles. The molecule has 4 aromatic rings. The van der Waals surface area contributed by atoms with Gasteiger partial charge in [0.2, 0.25) is 0 Å². The van der Waals surface area contributed by atoms with Crippen molar-refractivity contribution >= 4 is 69.6 Å². The topological polar surface area (TPSA) is 57.4 Å². The SMILES string of the molecule is C1=Cc2cc3ccc(cc4ccc(cc5nc(cc1n2)C=C5)[nH]4)[nH]3.Clc1[c-]c(Cl)ccc1.[Mn]. The van der Waals surface area contributed by atoms with Gasteiger partial charge in [-0.2, -0.15) is 18.2 Å². The predicted molar refractivity (Wildman–Crippen MR) is 134 cm³/mol. The molecule has 2 aliphatic heterocycles. The molecule has 7 heteroatoms. The molecule has 0 saturated heterocycles. The molecule has 5 heterocycles. The van der Waals surface area contributed by atoms with Crippen molar-refractivity contribution in [2.75, 3.05) is 0 Å². The van der Waals surface area contributed by atoms with Crippen molar-refractivity contribution in [3.63, 3.8) is 0 Å². The van der Waals surface area contributed by atoms with E-state index in [1.54, 1.807) is 18.2 Å². The van der Waals surface area contributed by atoms with Crippen molar-refractivity contribution in [3.8, 4) is 0 Å². The zero-order valence-electron chi connectivity index (χ0n) is 17.2. The van der Waals surface area contributed by atoms with Crippen molar-refractivity contribution in [2.45, 2.75) is 0 Å². The molecule has 0 aliphatic carbocycles. The first-order chi connectivity index (χ1) is 15.6. The van der Waals surface area contributed by atoms with Gasteiger partial charge >= 0.3 is 0 Å². The van der Waals surface area contributed by atoms with Crippen molar-refractivity contribution in [1.82, 2.24) is 19.9 Å². The number of aromatic amines is 2. The maximum atomic E-state index is 5.50. The third-order valence-electron chi connectivity index (χ3n) is 4.77. The maximum absolute atomic E-state index is 5.50. The minimum absolute atomic E-state index is 0. The third kappa shape index (κ3) is 6.04. The molecule has 0 amide bonds. The van der Waals surface area contributed by atoms with Crippen LogP contribution in [0.4, 0.5) is 0 Å². The molecule has 0 unspecified atom stereocenters. The van der Waals surface area contributed by atoms with Gasteiger partial charge in [-0.05, 0) is 72.8 Å². The van der Waals surface area contributed by atoms with Gasteiger partial charge < -0.3 is 9.97 Å². The second kappa shape index (κ2) is 10.2. The molecule has 2 aliphatic rings. The van der Waals surface area contributed by atoms with E-state index in [4.69, 9.17) is 23.2 Å². The number of H-pyrrole nitrogens is 2. The van der Waals surface area contributed by atoms with E-state index >= 15 is 0 Å². The molecule has 0 atom stereocenters. The summed E-state index contributed by atoms with van der Waals surface area (Å²) >= 11 is 11.0. The molecule has 0 fully saturated rings. The third-order valence-corrected chi connectivity index (χ3v) is 5.21. The van der Waals surface area contributed by atoms with Crippen LogP contribution in [0.1, 0.15) is 22.8 Å². The Balaban J connectivity index is 0.000000247. The van der Waals surface area contributed by atoms with Crippen molar-refractivity contribution in [1.29, 1.82) is 0 Å². The van der Waals surface area contributed by atoms with E-state index in [-0.39, 0.29) is 17.1 Å². The largest absolute Gasteiger partial charge is 0.355 e. The first-order valence-electron chi connectivity index (χ1n) is 9.97. The van der Waals surface area contributed by atoms with Crippen molar-refractivity contribution < 1.29 is 17.1 Å². The van der Waals surface area contributed by atoms with E-state index in [0.717, 1.165) is 44.8 Å². The van der Waals surface area contributed by atoms with E-state index in [9.17, 15) is 0 Å². The molecule has 33 heavy (non-hydrogen) atoms. The fourth-order valence-corrected chi connectivity index (χ4v) is 3.76. The molecular weight excluding hydrogens is 494 g/mol. The predicted octanol–water partition coefficient (Wildman–Crippen LogP) is 7.45. The minimum atomic E-state index is 0. The number of aromatic nitrogens is 4. The molecule has 1 radical (unpaired) electrons. The Bertz CT molecular complexity index is 1410. The van der Waals surface area contributed by atoms with E-state index in [1.165, 1.54) is 0 Å². The summed E-state index contributed by atoms with van der Waals surface area (Å²) in [6, 6.07) is 24.3. The normalized spacial score (nSPS) is 11.5. The fraction of sp³-hybridized carbons (Fsp3) is 0. The van der Waals surface area contributed by atoms with Crippen molar-refractivity contribution in [3.05, 3.63) is 106 Å². The van der Waals surface area contributed by atoms with Crippen LogP contribution in [0.25, 0.3) is 46.4 Å². The second-order valence-electron chi connectivity index (χ2n) is 7.25. The number of halogens is 2. The second-order valence-corrected chi connectivity index (χ2v) is 8.07. The van der Waals surface area contributed by atoms with E-state index in [1.807, 2.05) is 42.5 Å². The average molecular weight is 511 g/mol. The van der Waals surface area contributed by atoms with Gasteiger partial charge in [0, 0.05) is 39.1 Å². The van der Waals surface area contributed by atoms with Crippen LogP contribution in [-0.4, -0.2) is 19.9 Å². The zero-order valence-corrected chi connectivity index (χ0v) is 19.9. The van der Waals surface area contributed by atoms with Gasteiger partial charge in [0.1, 0.15) is 0 Å². The molecular formula is C26H17Cl2MnN4-. The Labute approximate surface area is 211 Å². The monoisotopic (exact) mass is 510 g/mol. The Hall–Kier alpha value is -3.08. The summed E-state index contributed by atoms with van der Waals surface area (Å²) in [4.78, 5) is 16.0. The number of fused-ring (bicyclic) bond motifs is 8. The molecule has 1 aromatic carbocycles. The summed E-state index contributed by atoms with van der Waals surface area (Å²) in [5.74, 6) is 0. The van der Waals surface area contributed by atoms with Crippen LogP contribution in [-0.2, 0) is 17.1 Å². The number of rotatable bonds is 0. The quantitative estimate of drug-likeness (QED) is 0.165. The summed E-state index contributed by atoms with van der Waals surface area (Å²) in [7, 11) is 0. The number of benzene rings is 1. The number of nitrogens with zero attached hydrogens (tertiary/aromatic N) is 2. The van der Waals surface area contributed by atoms with Gasteiger partial charge in [0.25, 0.3) is 0 Å². The van der Waals surface area contributed by atoms with Crippen LogP contribution in [0.5, 0.6) is 0 Å². The van der Waals surface area contributed by atoms with Gasteiger partial charge in [0.05, 0.1) is 22.8 Å². The Kier molecular flexibility index (Phi) is 7.16. The van der Waals surface area contributed by atoms with Crippen LogP contribution in [0.15, 0.2) is 66.7 Å². The molecule has 4 nitrogen and oxygen atoms in total. The molecule has 6 rings (SSSR count). The molecule has 163 valence electrons. The molecule has 3 aromatic heterocycles. The minimum Gasteiger partial charge on any atom is -0.355 e. The summed E-state index contributed by atoms with van der Waals surface area (Å²) in [6.07, 6.45) is 8.05. The molecule has 2 N–H and O–H groups in total. The van der Waals surface area contributed by atoms with Gasteiger partial charge in [-0.25, -0.2) is 9.97 Å². The van der Waals surface area contributed by atoms with Crippen LogP contribution in [0.3, 0.4) is 0 Å². The Morgan fingerprint density at radius 2 is 0.939 bits per heavy atom. The Morgan fingerprint density at radius 3 is 1.33 bits per heavy atom. The number of nitrogens with one attached hydrogen (secondary N) is 2. The van der Waals surface area contributed by atoms with Gasteiger partial charge in [-0.3, -0.25) is 0 Å². The smallest absolute Gasteiger partial charge is 0.0659 e. The van der Waals surface area contributed by atoms with Crippen LogP contribution in [0.2, 0.25) is 10.0 Å². The molecule has 8 bridgehead atoms. The van der Waals surface area contributed by atoms with Crippen LogP contribution >= 0.6 is 23.2 Å². The standard InChI is InChI=1S/C20H14N4.C6H3Cl2.Mn/c1-2-14-10-16-5-6-18(23-16)12-20-8-7-19(24-20)11-17-4-3-15(22-17)9-13(1)21-14;7-5-2-1-3-6(8)4-5;/h1-12,21-22H;1-3H;/q;-1;. The fourth-order valence-electron chi connectivity index (χ4n) is 3.36. The van der Waals surface area contributed by atoms with Gasteiger partial charge in [-0.1, -0.05) is 10.0 Å². The molecule has 0 spiro atoms. The average Bonchev–Trinajstić information content (AvgIpc) is 3.54. The van der Waals surface area contributed by atoms with E-state index < -0.39 is 0 Å². The number of hydrogen-bond donors (Lipinski definition) is 2. The van der Waals surface area contributed by atoms with E-state index in [2.05, 4.69) is 56.3 Å². The number of hydrogen-bond acceptors (Lipinski definition) is 2. The van der Waals surface area contributed by atoms with Crippen LogP contribution < -0.4 is 0 Å². The summed E-state index contributed by atoms with van der Waals surface area (Å²) in [5.41, 5.74) is 7.86. The van der Waals surface area contributed by atoms with Crippen LogP contribution in [0, 0.1) is 6.07 Å². The summed E-state index contributed by atoms with van der Waals surface area (Å²) in [6.45, 7) is 0.